The van der Waals surface area contributed by atoms with Crippen molar-refractivity contribution >= 4 is 11.7 Å². The molecule has 3 N–H and O–H groups in total. The summed E-state index contributed by atoms with van der Waals surface area (Å²) in [5.74, 6) is 0.249. The number of carbonyl (C=O) groups is 1. The van der Waals surface area contributed by atoms with Gasteiger partial charge in [-0.3, -0.25) is 9.89 Å². The summed E-state index contributed by atoms with van der Waals surface area (Å²) in [7, 11) is 0. The van der Waals surface area contributed by atoms with Crippen molar-refractivity contribution in [1.82, 2.24) is 15.1 Å². The predicted molar refractivity (Wildman–Crippen MR) is 63.0 cm³/mol. The van der Waals surface area contributed by atoms with E-state index >= 15 is 0 Å². The molecule has 1 aliphatic heterocycles. The molecule has 3 rings (SSSR count). The Balaban J connectivity index is 1.86. The molecule has 0 unspecified atom stereocenters. The van der Waals surface area contributed by atoms with Gasteiger partial charge in [0.15, 0.2) is 0 Å². The Morgan fingerprint density at radius 3 is 2.47 bits per heavy atom. The predicted octanol–water partition coefficient (Wildman–Crippen LogP) is 1.15. The van der Waals surface area contributed by atoms with Crippen LogP contribution in [0.25, 0.3) is 0 Å². The van der Waals surface area contributed by atoms with E-state index in [4.69, 9.17) is 5.73 Å². The maximum Gasteiger partial charge on any atom is 0.259 e. The summed E-state index contributed by atoms with van der Waals surface area (Å²) in [6.07, 6.45) is 1.47. The maximum atomic E-state index is 12.2. The third kappa shape index (κ3) is 1.56. The smallest absolute Gasteiger partial charge is 0.259 e. The van der Waals surface area contributed by atoms with Crippen molar-refractivity contribution in [3.8, 4) is 0 Å². The monoisotopic (exact) mass is 228 g/mol. The molecule has 0 bridgehead atoms. The minimum Gasteiger partial charge on any atom is -0.383 e. The fraction of sp³-hybridized carbons (Fsp3) is 0.167. The fourth-order valence-electron chi connectivity index (χ4n) is 2.11. The lowest BCUT2D eigenvalue weighted by molar-refractivity contribution is 0.0752. The summed E-state index contributed by atoms with van der Waals surface area (Å²) in [6, 6.07) is 8.06. The van der Waals surface area contributed by atoms with Gasteiger partial charge in [0.05, 0.1) is 6.20 Å². The van der Waals surface area contributed by atoms with E-state index in [9.17, 15) is 4.79 Å². The van der Waals surface area contributed by atoms with Crippen LogP contribution in [0.5, 0.6) is 0 Å². The highest BCUT2D eigenvalue weighted by molar-refractivity contribution is 5.98. The first-order valence-electron chi connectivity index (χ1n) is 5.40. The number of rotatable bonds is 1. The van der Waals surface area contributed by atoms with Gasteiger partial charge in [0.25, 0.3) is 5.91 Å². The summed E-state index contributed by atoms with van der Waals surface area (Å²) >= 11 is 0. The van der Waals surface area contributed by atoms with Gasteiger partial charge in [0, 0.05) is 13.1 Å². The first kappa shape index (κ1) is 9.89. The van der Waals surface area contributed by atoms with E-state index in [0.717, 1.165) is 0 Å². The van der Waals surface area contributed by atoms with Crippen molar-refractivity contribution in [2.75, 3.05) is 5.73 Å². The average Bonchev–Trinajstić information content (AvgIpc) is 2.93. The van der Waals surface area contributed by atoms with Crippen molar-refractivity contribution in [2.24, 2.45) is 0 Å². The molecule has 1 aliphatic rings. The Bertz CT molecular complexity index is 550. The van der Waals surface area contributed by atoms with E-state index in [1.54, 1.807) is 4.90 Å². The fourth-order valence-corrected chi connectivity index (χ4v) is 2.11. The molecular formula is C12H12N4O. The Morgan fingerprint density at radius 1 is 1.29 bits per heavy atom. The molecule has 0 fully saturated rings. The molecular weight excluding hydrogens is 216 g/mol. The van der Waals surface area contributed by atoms with Crippen molar-refractivity contribution in [2.45, 2.75) is 13.1 Å². The number of aromatic nitrogens is 2. The molecule has 5 heteroatoms. The summed E-state index contributed by atoms with van der Waals surface area (Å²) < 4.78 is 0. The van der Waals surface area contributed by atoms with Crippen LogP contribution >= 0.6 is 0 Å². The molecule has 0 saturated heterocycles. The van der Waals surface area contributed by atoms with Crippen LogP contribution in [-0.2, 0) is 13.1 Å². The van der Waals surface area contributed by atoms with Gasteiger partial charge >= 0.3 is 0 Å². The molecule has 1 aromatic carbocycles. The van der Waals surface area contributed by atoms with Gasteiger partial charge < -0.3 is 10.6 Å². The lowest BCUT2D eigenvalue weighted by atomic mass is 10.1. The quantitative estimate of drug-likeness (QED) is 0.768. The third-order valence-electron chi connectivity index (χ3n) is 3.03. The van der Waals surface area contributed by atoms with E-state index in [1.807, 2.05) is 24.3 Å². The number of nitrogens with two attached hydrogens (primary N) is 1. The Hall–Kier alpha value is -2.30. The second-order valence-electron chi connectivity index (χ2n) is 4.13. The molecule has 0 spiro atoms. The second-order valence-corrected chi connectivity index (χ2v) is 4.13. The molecule has 17 heavy (non-hydrogen) atoms. The number of hydrogen-bond acceptors (Lipinski definition) is 3. The number of anilines is 1. The average molecular weight is 228 g/mol. The van der Waals surface area contributed by atoms with Crippen molar-refractivity contribution in [1.29, 1.82) is 0 Å². The third-order valence-corrected chi connectivity index (χ3v) is 3.03. The number of carbonyl (C=O) groups excluding carboxylic acids is 1. The molecule has 2 heterocycles. The van der Waals surface area contributed by atoms with E-state index in [1.165, 1.54) is 17.3 Å². The molecule has 2 aromatic rings. The molecule has 0 aliphatic carbocycles. The Kier molecular flexibility index (Phi) is 2.11. The van der Waals surface area contributed by atoms with Crippen LogP contribution in [0, 0.1) is 0 Å². The summed E-state index contributed by atoms with van der Waals surface area (Å²) in [5, 5.41) is 6.34. The zero-order valence-electron chi connectivity index (χ0n) is 9.18. The Labute approximate surface area is 98.2 Å². The van der Waals surface area contributed by atoms with E-state index in [-0.39, 0.29) is 5.91 Å². The van der Waals surface area contributed by atoms with Crippen molar-refractivity contribution in [3.63, 3.8) is 0 Å². The maximum absolute atomic E-state index is 12.2. The number of nitrogen functional groups attached to an aromatic ring is 1. The van der Waals surface area contributed by atoms with Crippen LogP contribution in [0.1, 0.15) is 21.5 Å². The standard InChI is InChI=1S/C12H12N4O/c13-11-10(5-14-15-11)12(17)16-6-8-3-1-2-4-9(8)7-16/h1-5H,6-7H2,(H3,13,14,15). The number of H-pyrrole nitrogens is 1. The molecule has 86 valence electrons. The number of nitrogens with one attached hydrogen (secondary N) is 1. The minimum absolute atomic E-state index is 0.0764. The molecule has 1 amide bonds. The number of nitrogens with zero attached hydrogens (tertiary/aromatic N) is 2. The normalized spacial score (nSPS) is 13.8. The van der Waals surface area contributed by atoms with E-state index < -0.39 is 0 Å². The van der Waals surface area contributed by atoms with Gasteiger partial charge in [0.2, 0.25) is 0 Å². The van der Waals surface area contributed by atoms with Crippen LogP contribution in [0.2, 0.25) is 0 Å². The van der Waals surface area contributed by atoms with Gasteiger partial charge in [-0.2, -0.15) is 5.10 Å². The highest BCUT2D eigenvalue weighted by Crippen LogP contribution is 2.24. The van der Waals surface area contributed by atoms with Crippen LogP contribution in [0.3, 0.4) is 0 Å². The lowest BCUT2D eigenvalue weighted by Gasteiger charge is -2.14. The zero-order chi connectivity index (χ0) is 11.8. The summed E-state index contributed by atoms with van der Waals surface area (Å²) in [6.45, 7) is 1.28. The van der Waals surface area contributed by atoms with Crippen LogP contribution in [0.4, 0.5) is 5.82 Å². The SMILES string of the molecule is Nc1[nH]ncc1C(=O)N1Cc2ccccc2C1. The highest BCUT2D eigenvalue weighted by Gasteiger charge is 2.25. The number of hydrogen-bond donors (Lipinski definition) is 2. The number of amides is 1. The van der Waals surface area contributed by atoms with Gasteiger partial charge in [0.1, 0.15) is 11.4 Å². The van der Waals surface area contributed by atoms with Crippen LogP contribution < -0.4 is 5.73 Å². The number of benzene rings is 1. The highest BCUT2D eigenvalue weighted by atomic mass is 16.2. The molecule has 5 nitrogen and oxygen atoms in total. The topological polar surface area (TPSA) is 75.0 Å². The summed E-state index contributed by atoms with van der Waals surface area (Å²) in [4.78, 5) is 14.0. The van der Waals surface area contributed by atoms with E-state index in [0.29, 0.717) is 24.5 Å². The Morgan fingerprint density at radius 2 is 1.94 bits per heavy atom. The van der Waals surface area contributed by atoms with E-state index in [2.05, 4.69) is 10.2 Å². The minimum atomic E-state index is -0.0764. The first-order valence-corrected chi connectivity index (χ1v) is 5.40. The van der Waals surface area contributed by atoms with Gasteiger partial charge in [-0.05, 0) is 11.1 Å². The molecule has 0 radical (unpaired) electrons. The number of fused-ring (bicyclic) bond motifs is 1. The van der Waals surface area contributed by atoms with Crippen molar-refractivity contribution in [3.05, 3.63) is 47.2 Å². The molecule has 0 saturated carbocycles. The summed E-state index contributed by atoms with van der Waals surface area (Å²) in [5.41, 5.74) is 8.49. The lowest BCUT2D eigenvalue weighted by Crippen LogP contribution is -2.25. The van der Waals surface area contributed by atoms with Crippen LogP contribution in [0.15, 0.2) is 30.5 Å². The largest absolute Gasteiger partial charge is 0.383 e. The zero-order valence-corrected chi connectivity index (χ0v) is 9.18. The molecule has 0 atom stereocenters. The van der Waals surface area contributed by atoms with Gasteiger partial charge in [-0.1, -0.05) is 24.3 Å². The second kappa shape index (κ2) is 3.62. The van der Waals surface area contributed by atoms with Crippen molar-refractivity contribution < 1.29 is 4.79 Å². The number of aromatic amines is 1. The molecule has 1 aromatic heterocycles. The van der Waals surface area contributed by atoms with Gasteiger partial charge in [-0.15, -0.1) is 0 Å². The first-order chi connectivity index (χ1) is 8.25. The van der Waals surface area contributed by atoms with Gasteiger partial charge in [-0.25, -0.2) is 0 Å². The van der Waals surface area contributed by atoms with Crippen LogP contribution in [-0.4, -0.2) is 21.0 Å².